The fourth-order valence-corrected chi connectivity index (χ4v) is 2.66. The van der Waals surface area contributed by atoms with Crippen molar-refractivity contribution in [3.8, 4) is 5.75 Å². The highest BCUT2D eigenvalue weighted by molar-refractivity contribution is 5.95. The molecule has 0 saturated carbocycles. The first-order valence-electron chi connectivity index (χ1n) is 8.85. The van der Waals surface area contributed by atoms with Gasteiger partial charge in [-0.15, -0.1) is 0 Å². The number of non-ortho nitro benzene ring substituents is 1. The Hall–Kier alpha value is -3.67. The molecule has 3 aromatic rings. The maximum Gasteiger partial charge on any atom is 0.269 e. The highest BCUT2D eigenvalue weighted by atomic mass is 16.6. The number of nitro groups is 1. The Morgan fingerprint density at radius 3 is 2.25 bits per heavy atom. The van der Waals surface area contributed by atoms with E-state index in [0.29, 0.717) is 23.6 Å². The first kappa shape index (κ1) is 19.1. The molecular formula is C22H20N2O4. The van der Waals surface area contributed by atoms with Gasteiger partial charge in [0.2, 0.25) is 5.91 Å². The smallest absolute Gasteiger partial charge is 0.269 e. The number of rotatable bonds is 7. The standard InChI is InChI=1S/C22H20N2O4/c1-16(18-7-11-20(12-8-18)24(26)27)22(25)23-19-9-13-21(14-10-19)28-15-17-5-3-2-4-6-17/h2-14,16H,15H2,1H3,(H,23,25)/t16-/m0/s1. The van der Waals surface area contributed by atoms with Gasteiger partial charge in [0.15, 0.2) is 0 Å². The van der Waals surface area contributed by atoms with Crippen LogP contribution in [0.4, 0.5) is 11.4 Å². The van der Waals surface area contributed by atoms with Gasteiger partial charge < -0.3 is 10.1 Å². The summed E-state index contributed by atoms with van der Waals surface area (Å²) in [5.41, 5.74) is 2.45. The number of carbonyl (C=O) groups is 1. The van der Waals surface area contributed by atoms with Crippen LogP contribution in [-0.4, -0.2) is 10.8 Å². The Morgan fingerprint density at radius 2 is 1.64 bits per heavy atom. The van der Waals surface area contributed by atoms with Gasteiger partial charge in [-0.3, -0.25) is 14.9 Å². The van der Waals surface area contributed by atoms with Gasteiger partial charge in [-0.1, -0.05) is 42.5 Å². The van der Waals surface area contributed by atoms with E-state index >= 15 is 0 Å². The average molecular weight is 376 g/mol. The van der Waals surface area contributed by atoms with E-state index in [1.54, 1.807) is 43.3 Å². The van der Waals surface area contributed by atoms with Crippen LogP contribution in [0.3, 0.4) is 0 Å². The van der Waals surface area contributed by atoms with Gasteiger partial charge in [0, 0.05) is 17.8 Å². The van der Waals surface area contributed by atoms with Crippen LogP contribution >= 0.6 is 0 Å². The minimum Gasteiger partial charge on any atom is -0.489 e. The number of ether oxygens (including phenoxy) is 1. The number of anilines is 1. The minimum absolute atomic E-state index is 0.00227. The second kappa shape index (κ2) is 8.81. The van der Waals surface area contributed by atoms with Crippen LogP contribution in [-0.2, 0) is 11.4 Å². The van der Waals surface area contributed by atoms with Gasteiger partial charge in [0.05, 0.1) is 10.8 Å². The molecule has 0 bridgehead atoms. The van der Waals surface area contributed by atoms with Crippen molar-refractivity contribution in [3.05, 3.63) is 100 Å². The quantitative estimate of drug-likeness (QED) is 0.469. The van der Waals surface area contributed by atoms with Gasteiger partial charge in [-0.25, -0.2) is 0 Å². The molecule has 1 atom stereocenters. The lowest BCUT2D eigenvalue weighted by Crippen LogP contribution is -2.18. The molecule has 0 aliphatic heterocycles. The van der Waals surface area contributed by atoms with Crippen LogP contribution in [0.5, 0.6) is 5.75 Å². The summed E-state index contributed by atoms with van der Waals surface area (Å²) in [6, 6.07) is 23.0. The van der Waals surface area contributed by atoms with E-state index in [9.17, 15) is 14.9 Å². The normalized spacial score (nSPS) is 11.5. The van der Waals surface area contributed by atoms with Crippen LogP contribution in [0.15, 0.2) is 78.9 Å². The third-order valence-corrected chi connectivity index (χ3v) is 4.37. The number of benzene rings is 3. The van der Waals surface area contributed by atoms with Crippen molar-refractivity contribution in [2.24, 2.45) is 0 Å². The summed E-state index contributed by atoms with van der Waals surface area (Å²) in [5, 5.41) is 13.6. The molecule has 0 heterocycles. The molecule has 0 aromatic heterocycles. The molecule has 0 unspecified atom stereocenters. The summed E-state index contributed by atoms with van der Waals surface area (Å²) in [4.78, 5) is 22.7. The van der Waals surface area contributed by atoms with Crippen molar-refractivity contribution < 1.29 is 14.5 Å². The van der Waals surface area contributed by atoms with Gasteiger partial charge >= 0.3 is 0 Å². The van der Waals surface area contributed by atoms with Crippen molar-refractivity contribution in [3.63, 3.8) is 0 Å². The number of carbonyl (C=O) groups excluding carboxylic acids is 1. The van der Waals surface area contributed by atoms with Gasteiger partial charge in [-0.05, 0) is 42.3 Å². The fourth-order valence-electron chi connectivity index (χ4n) is 2.66. The summed E-state index contributed by atoms with van der Waals surface area (Å²) in [7, 11) is 0. The lowest BCUT2D eigenvalue weighted by atomic mass is 10.00. The molecule has 6 nitrogen and oxygen atoms in total. The van der Waals surface area contributed by atoms with Gasteiger partial charge in [0.1, 0.15) is 12.4 Å². The summed E-state index contributed by atoms with van der Waals surface area (Å²) < 4.78 is 5.73. The number of nitro benzene ring substituents is 1. The fraction of sp³-hybridized carbons (Fsp3) is 0.136. The Bertz CT molecular complexity index is 939. The molecule has 0 saturated heterocycles. The monoisotopic (exact) mass is 376 g/mol. The van der Waals surface area contributed by atoms with Crippen molar-refractivity contribution in [1.29, 1.82) is 0 Å². The SMILES string of the molecule is C[C@H](C(=O)Nc1ccc(OCc2ccccc2)cc1)c1ccc([N+](=O)[O-])cc1. The Balaban J connectivity index is 1.56. The predicted molar refractivity (Wildman–Crippen MR) is 107 cm³/mol. The lowest BCUT2D eigenvalue weighted by molar-refractivity contribution is -0.384. The molecule has 0 aliphatic rings. The second-order valence-electron chi connectivity index (χ2n) is 6.36. The van der Waals surface area contributed by atoms with Crippen LogP contribution in [0.2, 0.25) is 0 Å². The number of hydrogen-bond donors (Lipinski definition) is 1. The molecule has 0 aliphatic carbocycles. The number of amides is 1. The van der Waals surface area contributed by atoms with E-state index in [1.807, 2.05) is 30.3 Å². The van der Waals surface area contributed by atoms with Crippen molar-refractivity contribution in [2.75, 3.05) is 5.32 Å². The zero-order chi connectivity index (χ0) is 19.9. The maximum atomic E-state index is 12.5. The van der Waals surface area contributed by atoms with Crippen molar-refractivity contribution in [2.45, 2.75) is 19.4 Å². The first-order chi connectivity index (χ1) is 13.5. The number of nitrogens with zero attached hydrogens (tertiary/aromatic N) is 1. The molecule has 3 aromatic carbocycles. The van der Waals surface area contributed by atoms with Crippen LogP contribution in [0.25, 0.3) is 0 Å². The lowest BCUT2D eigenvalue weighted by Gasteiger charge is -2.13. The largest absolute Gasteiger partial charge is 0.489 e. The second-order valence-corrected chi connectivity index (χ2v) is 6.36. The summed E-state index contributed by atoms with van der Waals surface area (Å²) in [6.45, 7) is 2.23. The molecule has 0 spiro atoms. The molecule has 1 N–H and O–H groups in total. The van der Waals surface area contributed by atoms with Gasteiger partial charge in [-0.2, -0.15) is 0 Å². The molecule has 1 amide bonds. The maximum absolute atomic E-state index is 12.5. The third-order valence-electron chi connectivity index (χ3n) is 4.37. The first-order valence-corrected chi connectivity index (χ1v) is 8.85. The molecule has 0 radical (unpaired) electrons. The van der Waals surface area contributed by atoms with E-state index in [0.717, 1.165) is 5.56 Å². The average Bonchev–Trinajstić information content (AvgIpc) is 2.73. The number of nitrogens with one attached hydrogen (secondary N) is 1. The Labute approximate surface area is 162 Å². The highest BCUT2D eigenvalue weighted by Gasteiger charge is 2.16. The molecule has 28 heavy (non-hydrogen) atoms. The molecule has 6 heteroatoms. The minimum atomic E-state index is -0.462. The van der Waals surface area contributed by atoms with Gasteiger partial charge in [0.25, 0.3) is 5.69 Å². The molecule has 3 rings (SSSR count). The molecule has 0 fully saturated rings. The van der Waals surface area contributed by atoms with E-state index in [4.69, 9.17) is 4.74 Å². The Kier molecular flexibility index (Phi) is 6.01. The van der Waals surface area contributed by atoms with Crippen LogP contribution in [0, 0.1) is 10.1 Å². The topological polar surface area (TPSA) is 81.5 Å². The highest BCUT2D eigenvalue weighted by Crippen LogP contribution is 2.22. The zero-order valence-corrected chi connectivity index (χ0v) is 15.4. The number of hydrogen-bond acceptors (Lipinski definition) is 4. The van der Waals surface area contributed by atoms with Crippen LogP contribution < -0.4 is 10.1 Å². The summed E-state index contributed by atoms with van der Waals surface area (Å²) in [6.07, 6.45) is 0. The Morgan fingerprint density at radius 1 is 1.00 bits per heavy atom. The molecule has 142 valence electrons. The van der Waals surface area contributed by atoms with E-state index in [2.05, 4.69) is 5.32 Å². The van der Waals surface area contributed by atoms with Crippen molar-refractivity contribution >= 4 is 17.3 Å². The predicted octanol–water partition coefficient (Wildman–Crippen LogP) is 4.92. The molecular weight excluding hydrogens is 356 g/mol. The van der Waals surface area contributed by atoms with Crippen LogP contribution in [0.1, 0.15) is 24.0 Å². The van der Waals surface area contributed by atoms with E-state index in [-0.39, 0.29) is 11.6 Å². The third kappa shape index (κ3) is 4.94. The van der Waals surface area contributed by atoms with E-state index < -0.39 is 10.8 Å². The zero-order valence-electron chi connectivity index (χ0n) is 15.4. The van der Waals surface area contributed by atoms with Crippen molar-refractivity contribution in [1.82, 2.24) is 0 Å². The van der Waals surface area contributed by atoms with E-state index in [1.165, 1.54) is 12.1 Å². The summed E-state index contributed by atoms with van der Waals surface area (Å²) >= 11 is 0. The summed E-state index contributed by atoms with van der Waals surface area (Å²) in [5.74, 6) is 0.0897.